The third kappa shape index (κ3) is 3.03. The van der Waals surface area contributed by atoms with Gasteiger partial charge in [0, 0.05) is 26.2 Å². The standard InChI is InChI=1S/C14H21N3O2/c1-17(2)13-11(14(18)19-3)9-15-12(16-13)10-7-5-4-6-8-10/h9-10H,4-8H2,1-3H3. The minimum Gasteiger partial charge on any atom is -0.465 e. The van der Waals surface area contributed by atoms with Crippen molar-refractivity contribution in [2.24, 2.45) is 0 Å². The largest absolute Gasteiger partial charge is 0.465 e. The third-order valence-corrected chi connectivity index (χ3v) is 3.59. The van der Waals surface area contributed by atoms with Gasteiger partial charge in [-0.3, -0.25) is 0 Å². The van der Waals surface area contributed by atoms with Crippen LogP contribution in [0.4, 0.5) is 5.82 Å². The number of aromatic nitrogens is 2. The average Bonchev–Trinajstić information content (AvgIpc) is 2.46. The van der Waals surface area contributed by atoms with Crippen LogP contribution in [0.5, 0.6) is 0 Å². The molecule has 0 bridgehead atoms. The number of hydrogen-bond acceptors (Lipinski definition) is 5. The van der Waals surface area contributed by atoms with Gasteiger partial charge in [0.1, 0.15) is 17.2 Å². The second-order valence-corrected chi connectivity index (χ2v) is 5.19. The normalized spacial score (nSPS) is 16.2. The molecule has 0 aliphatic heterocycles. The lowest BCUT2D eigenvalue weighted by molar-refractivity contribution is 0.0600. The van der Waals surface area contributed by atoms with E-state index >= 15 is 0 Å². The topological polar surface area (TPSA) is 55.3 Å². The van der Waals surface area contributed by atoms with Crippen molar-refractivity contribution in [3.8, 4) is 0 Å². The summed E-state index contributed by atoms with van der Waals surface area (Å²) in [4.78, 5) is 22.5. The summed E-state index contributed by atoms with van der Waals surface area (Å²) in [6.45, 7) is 0. The Hall–Kier alpha value is -1.65. The van der Waals surface area contributed by atoms with Crippen LogP contribution in [-0.4, -0.2) is 37.1 Å². The second-order valence-electron chi connectivity index (χ2n) is 5.19. The number of rotatable bonds is 3. The maximum absolute atomic E-state index is 11.7. The van der Waals surface area contributed by atoms with E-state index in [1.54, 1.807) is 6.20 Å². The lowest BCUT2D eigenvalue weighted by Gasteiger charge is -2.22. The van der Waals surface area contributed by atoms with E-state index in [1.807, 2.05) is 19.0 Å². The summed E-state index contributed by atoms with van der Waals surface area (Å²) >= 11 is 0. The van der Waals surface area contributed by atoms with Crippen LogP contribution in [-0.2, 0) is 4.74 Å². The maximum Gasteiger partial charge on any atom is 0.343 e. The Morgan fingerprint density at radius 1 is 1.32 bits per heavy atom. The van der Waals surface area contributed by atoms with E-state index in [2.05, 4.69) is 9.97 Å². The molecule has 1 saturated carbocycles. The van der Waals surface area contributed by atoms with E-state index in [4.69, 9.17) is 4.74 Å². The summed E-state index contributed by atoms with van der Waals surface area (Å²) in [6.07, 6.45) is 7.67. The zero-order valence-electron chi connectivity index (χ0n) is 11.8. The highest BCUT2D eigenvalue weighted by Crippen LogP contribution is 2.31. The quantitative estimate of drug-likeness (QED) is 0.784. The van der Waals surface area contributed by atoms with Gasteiger partial charge in [-0.15, -0.1) is 0 Å². The van der Waals surface area contributed by atoms with Crippen molar-refractivity contribution in [3.05, 3.63) is 17.6 Å². The first-order valence-electron chi connectivity index (χ1n) is 6.76. The Morgan fingerprint density at radius 3 is 2.58 bits per heavy atom. The van der Waals surface area contributed by atoms with E-state index in [0.717, 1.165) is 18.7 Å². The molecule has 19 heavy (non-hydrogen) atoms. The lowest BCUT2D eigenvalue weighted by atomic mass is 9.88. The monoisotopic (exact) mass is 263 g/mol. The first-order chi connectivity index (χ1) is 9.13. The molecule has 1 aromatic rings. The Morgan fingerprint density at radius 2 is 2.00 bits per heavy atom. The molecule has 2 rings (SSSR count). The minimum absolute atomic E-state index is 0.390. The number of hydrogen-bond donors (Lipinski definition) is 0. The molecule has 1 aliphatic rings. The van der Waals surface area contributed by atoms with Gasteiger partial charge < -0.3 is 9.64 Å². The Kier molecular flexibility index (Phi) is 4.35. The molecule has 1 heterocycles. The number of carbonyl (C=O) groups excluding carboxylic acids is 1. The number of nitrogens with zero attached hydrogens (tertiary/aromatic N) is 3. The summed E-state index contributed by atoms with van der Waals surface area (Å²) in [5.41, 5.74) is 0.423. The highest BCUT2D eigenvalue weighted by molar-refractivity contribution is 5.94. The van der Waals surface area contributed by atoms with Crippen LogP contribution in [0.15, 0.2) is 6.20 Å². The fourth-order valence-electron chi connectivity index (χ4n) is 2.54. The van der Waals surface area contributed by atoms with Crippen LogP contribution in [0, 0.1) is 0 Å². The fourth-order valence-corrected chi connectivity index (χ4v) is 2.54. The van der Waals surface area contributed by atoms with Gasteiger partial charge in [-0.25, -0.2) is 14.8 Å². The number of ether oxygens (including phenoxy) is 1. The zero-order chi connectivity index (χ0) is 13.8. The minimum atomic E-state index is -0.390. The van der Waals surface area contributed by atoms with Gasteiger partial charge in [0.05, 0.1) is 7.11 Å². The van der Waals surface area contributed by atoms with Gasteiger partial charge >= 0.3 is 5.97 Å². The second kappa shape index (κ2) is 5.99. The van der Waals surface area contributed by atoms with Crippen molar-refractivity contribution in [1.82, 2.24) is 9.97 Å². The first kappa shape index (κ1) is 13.8. The molecule has 0 saturated heterocycles. The van der Waals surface area contributed by atoms with E-state index in [9.17, 15) is 4.79 Å². The predicted octanol–water partition coefficient (Wildman–Crippen LogP) is 2.38. The van der Waals surface area contributed by atoms with Crippen molar-refractivity contribution in [3.63, 3.8) is 0 Å². The molecule has 0 spiro atoms. The Bertz CT molecular complexity index is 454. The Labute approximate surface area is 114 Å². The molecule has 0 amide bonds. The van der Waals surface area contributed by atoms with Crippen molar-refractivity contribution in [2.45, 2.75) is 38.0 Å². The molecule has 0 radical (unpaired) electrons. The molecule has 0 N–H and O–H groups in total. The van der Waals surface area contributed by atoms with Crippen molar-refractivity contribution in [2.75, 3.05) is 26.1 Å². The molecular weight excluding hydrogens is 242 g/mol. The molecule has 1 aromatic heterocycles. The van der Waals surface area contributed by atoms with Gasteiger partial charge in [0.25, 0.3) is 0 Å². The lowest BCUT2D eigenvalue weighted by Crippen LogP contribution is -2.19. The molecule has 5 heteroatoms. The molecular formula is C14H21N3O2. The molecule has 0 unspecified atom stereocenters. The fraction of sp³-hybridized carbons (Fsp3) is 0.643. The highest BCUT2D eigenvalue weighted by Gasteiger charge is 2.22. The molecule has 1 fully saturated rings. The SMILES string of the molecule is COC(=O)c1cnc(C2CCCCC2)nc1N(C)C. The third-order valence-electron chi connectivity index (χ3n) is 3.59. The summed E-state index contributed by atoms with van der Waals surface area (Å²) < 4.78 is 4.77. The van der Waals surface area contributed by atoms with Gasteiger partial charge in [0.2, 0.25) is 0 Å². The van der Waals surface area contributed by atoms with E-state index < -0.39 is 0 Å². The van der Waals surface area contributed by atoms with Crippen LogP contribution in [0.3, 0.4) is 0 Å². The summed E-state index contributed by atoms with van der Waals surface area (Å²) in [5, 5.41) is 0. The van der Waals surface area contributed by atoms with Gasteiger partial charge in [0.15, 0.2) is 0 Å². The molecule has 1 aliphatic carbocycles. The van der Waals surface area contributed by atoms with E-state index in [1.165, 1.54) is 26.4 Å². The van der Waals surface area contributed by atoms with E-state index in [0.29, 0.717) is 17.3 Å². The van der Waals surface area contributed by atoms with Crippen LogP contribution >= 0.6 is 0 Å². The van der Waals surface area contributed by atoms with Crippen LogP contribution in [0.1, 0.15) is 54.2 Å². The van der Waals surface area contributed by atoms with Gasteiger partial charge in [-0.1, -0.05) is 19.3 Å². The van der Waals surface area contributed by atoms with E-state index in [-0.39, 0.29) is 5.97 Å². The van der Waals surface area contributed by atoms with Gasteiger partial charge in [-0.05, 0) is 12.8 Å². The Balaban J connectivity index is 2.32. The average molecular weight is 263 g/mol. The number of anilines is 1. The highest BCUT2D eigenvalue weighted by atomic mass is 16.5. The smallest absolute Gasteiger partial charge is 0.343 e. The van der Waals surface area contributed by atoms with Crippen LogP contribution in [0.2, 0.25) is 0 Å². The molecule has 0 atom stereocenters. The predicted molar refractivity (Wildman–Crippen MR) is 73.5 cm³/mol. The maximum atomic E-state index is 11.7. The van der Waals surface area contributed by atoms with Gasteiger partial charge in [-0.2, -0.15) is 0 Å². The first-order valence-corrected chi connectivity index (χ1v) is 6.76. The number of methoxy groups -OCH3 is 1. The summed E-state index contributed by atoms with van der Waals surface area (Å²) in [7, 11) is 5.12. The van der Waals surface area contributed by atoms with Crippen LogP contribution in [0.25, 0.3) is 0 Å². The zero-order valence-corrected chi connectivity index (χ0v) is 11.8. The van der Waals surface area contributed by atoms with Crippen molar-refractivity contribution in [1.29, 1.82) is 0 Å². The van der Waals surface area contributed by atoms with Crippen molar-refractivity contribution >= 4 is 11.8 Å². The molecule has 0 aromatic carbocycles. The number of esters is 1. The summed E-state index contributed by atoms with van der Waals surface area (Å²) in [6, 6.07) is 0. The van der Waals surface area contributed by atoms with Crippen molar-refractivity contribution < 1.29 is 9.53 Å². The van der Waals surface area contributed by atoms with Crippen LogP contribution < -0.4 is 4.90 Å². The molecule has 104 valence electrons. The molecule has 5 nitrogen and oxygen atoms in total. The summed E-state index contributed by atoms with van der Waals surface area (Å²) in [5.74, 6) is 1.54. The number of carbonyl (C=O) groups is 1.